The zero-order chi connectivity index (χ0) is 20.8. The third-order valence-corrected chi connectivity index (χ3v) is 6.09. The largest absolute Gasteiger partial charge is 0.389 e. The first-order valence-corrected chi connectivity index (χ1v) is 10.6. The zero-order valence-electron chi connectivity index (χ0n) is 17.2. The summed E-state index contributed by atoms with van der Waals surface area (Å²) >= 11 is 0. The number of β-amino-alcohol motifs (C(OH)–C–C–N with tert-alkyl or cyclic N) is 1. The van der Waals surface area contributed by atoms with E-state index >= 15 is 0 Å². The molecule has 2 aliphatic heterocycles. The smallest absolute Gasteiger partial charge is 0.234 e. The zero-order valence-corrected chi connectivity index (χ0v) is 17.2. The van der Waals surface area contributed by atoms with Crippen molar-refractivity contribution in [1.82, 2.24) is 29.9 Å². The van der Waals surface area contributed by atoms with E-state index in [0.29, 0.717) is 32.7 Å². The highest BCUT2D eigenvalue weighted by Crippen LogP contribution is 2.33. The van der Waals surface area contributed by atoms with Gasteiger partial charge in [0.25, 0.3) is 0 Å². The quantitative estimate of drug-likeness (QED) is 0.642. The predicted molar refractivity (Wildman–Crippen MR) is 111 cm³/mol. The van der Waals surface area contributed by atoms with Crippen LogP contribution in [0.1, 0.15) is 12.0 Å². The third-order valence-electron chi connectivity index (χ3n) is 6.09. The van der Waals surface area contributed by atoms with Crippen LogP contribution in [0.5, 0.6) is 0 Å². The molecular formula is C21H30N6O3. The van der Waals surface area contributed by atoms with Crippen molar-refractivity contribution in [2.45, 2.75) is 24.6 Å². The van der Waals surface area contributed by atoms with Crippen molar-refractivity contribution < 1.29 is 14.6 Å². The number of amides is 1. The van der Waals surface area contributed by atoms with E-state index in [9.17, 15) is 9.90 Å². The number of carbonyl (C=O) groups excluding carboxylic acids is 1. The molecule has 0 aliphatic carbocycles. The summed E-state index contributed by atoms with van der Waals surface area (Å²) in [5, 5.41) is 22.1. The van der Waals surface area contributed by atoms with Crippen LogP contribution in [0.3, 0.4) is 0 Å². The van der Waals surface area contributed by atoms with E-state index in [2.05, 4.69) is 25.3 Å². The van der Waals surface area contributed by atoms with Crippen molar-refractivity contribution in [1.29, 1.82) is 0 Å². The Bertz CT molecular complexity index is 796. The highest BCUT2D eigenvalue weighted by Gasteiger charge is 2.44. The van der Waals surface area contributed by atoms with Crippen LogP contribution in [-0.4, -0.2) is 94.2 Å². The summed E-state index contributed by atoms with van der Waals surface area (Å²) in [7, 11) is 0. The van der Waals surface area contributed by atoms with Crippen molar-refractivity contribution in [2.24, 2.45) is 0 Å². The average Bonchev–Trinajstić information content (AvgIpc) is 3.29. The lowest BCUT2D eigenvalue weighted by atomic mass is 9.78. The van der Waals surface area contributed by atoms with E-state index in [0.717, 1.165) is 38.3 Å². The molecular weight excluding hydrogens is 384 g/mol. The highest BCUT2D eigenvalue weighted by molar-refractivity contribution is 5.79. The van der Waals surface area contributed by atoms with Crippen LogP contribution in [-0.2, 0) is 21.6 Å². The van der Waals surface area contributed by atoms with Gasteiger partial charge in [-0.15, -0.1) is 10.2 Å². The number of benzene rings is 1. The van der Waals surface area contributed by atoms with Crippen LogP contribution in [0.25, 0.3) is 0 Å². The number of nitrogens with one attached hydrogen (secondary N) is 1. The molecule has 0 bridgehead atoms. The molecule has 0 radical (unpaired) electrons. The van der Waals surface area contributed by atoms with Crippen LogP contribution in [0.4, 0.5) is 0 Å². The minimum absolute atomic E-state index is 0.0576. The number of aliphatic hydroxyl groups excluding tert-OH is 1. The van der Waals surface area contributed by atoms with Crippen LogP contribution in [0.2, 0.25) is 0 Å². The van der Waals surface area contributed by atoms with Gasteiger partial charge in [0.2, 0.25) is 5.91 Å². The summed E-state index contributed by atoms with van der Waals surface area (Å²) in [6, 6.07) is 9.84. The van der Waals surface area contributed by atoms with Crippen molar-refractivity contribution in [3.8, 4) is 0 Å². The molecule has 162 valence electrons. The van der Waals surface area contributed by atoms with Gasteiger partial charge >= 0.3 is 0 Å². The Morgan fingerprint density at radius 1 is 1.10 bits per heavy atom. The van der Waals surface area contributed by atoms with Crippen molar-refractivity contribution >= 4 is 5.91 Å². The monoisotopic (exact) mass is 414 g/mol. The minimum atomic E-state index is -0.780. The molecule has 0 spiro atoms. The van der Waals surface area contributed by atoms with Crippen LogP contribution >= 0.6 is 0 Å². The molecule has 30 heavy (non-hydrogen) atoms. The third kappa shape index (κ3) is 4.86. The maximum atomic E-state index is 12.9. The fraction of sp³-hybridized carbons (Fsp3) is 0.571. The van der Waals surface area contributed by atoms with Gasteiger partial charge in [-0.2, -0.15) is 0 Å². The van der Waals surface area contributed by atoms with Gasteiger partial charge < -0.3 is 19.7 Å². The van der Waals surface area contributed by atoms with Gasteiger partial charge in [0, 0.05) is 39.3 Å². The molecule has 9 nitrogen and oxygen atoms in total. The van der Waals surface area contributed by atoms with E-state index in [1.54, 1.807) is 12.7 Å². The minimum Gasteiger partial charge on any atom is -0.389 e. The molecule has 1 amide bonds. The highest BCUT2D eigenvalue weighted by atomic mass is 16.5. The molecule has 0 unspecified atom stereocenters. The second kappa shape index (κ2) is 9.65. The summed E-state index contributed by atoms with van der Waals surface area (Å²) in [5.74, 6) is -0.0576. The number of hydrogen-bond donors (Lipinski definition) is 2. The molecule has 1 aromatic heterocycles. The van der Waals surface area contributed by atoms with Crippen LogP contribution in [0.15, 0.2) is 43.0 Å². The maximum Gasteiger partial charge on any atom is 0.234 e. The van der Waals surface area contributed by atoms with Crippen molar-refractivity contribution in [3.05, 3.63) is 48.5 Å². The molecule has 2 saturated heterocycles. The first kappa shape index (κ1) is 20.9. The summed E-state index contributed by atoms with van der Waals surface area (Å²) < 4.78 is 7.30. The standard InChI is InChI=1S/C21H30N6O3/c28-19-14-25(8-9-27-16-22-23-17-27)7-6-21(19,18-4-2-1-3-5-18)24-20(29)15-26-10-12-30-13-11-26/h1-5,16-17,19,28H,6-15H2,(H,24,29)/t19-,21+/m1/s1. The molecule has 1 aromatic carbocycles. The Morgan fingerprint density at radius 3 is 2.53 bits per heavy atom. The number of carbonyl (C=O) groups is 1. The summed E-state index contributed by atoms with van der Waals surface area (Å²) in [6.07, 6.45) is 3.33. The van der Waals surface area contributed by atoms with Crippen molar-refractivity contribution in [3.63, 3.8) is 0 Å². The van der Waals surface area contributed by atoms with Gasteiger partial charge in [-0.1, -0.05) is 30.3 Å². The molecule has 2 N–H and O–H groups in total. The Kier molecular flexibility index (Phi) is 6.73. The number of likely N-dealkylation sites (tertiary alicyclic amines) is 1. The van der Waals surface area contributed by atoms with E-state index in [-0.39, 0.29) is 5.91 Å². The van der Waals surface area contributed by atoms with Crippen molar-refractivity contribution in [2.75, 3.05) is 52.5 Å². The molecule has 3 heterocycles. The topological polar surface area (TPSA) is 95.8 Å². The number of aliphatic hydroxyl groups is 1. The average molecular weight is 415 g/mol. The molecule has 2 atom stereocenters. The molecule has 2 aromatic rings. The number of hydrogen-bond acceptors (Lipinski definition) is 7. The summed E-state index contributed by atoms with van der Waals surface area (Å²) in [4.78, 5) is 17.2. The first-order valence-electron chi connectivity index (χ1n) is 10.6. The molecule has 4 rings (SSSR count). The molecule has 9 heteroatoms. The fourth-order valence-corrected chi connectivity index (χ4v) is 4.33. The Labute approximate surface area is 176 Å². The van der Waals surface area contributed by atoms with Gasteiger partial charge in [0.05, 0.1) is 31.4 Å². The molecule has 2 aliphatic rings. The molecule has 0 saturated carbocycles. The number of morpholine rings is 1. The van der Waals surface area contributed by atoms with Gasteiger partial charge in [0.1, 0.15) is 12.7 Å². The lowest BCUT2D eigenvalue weighted by Crippen LogP contribution is -2.63. The van der Waals surface area contributed by atoms with Crippen LogP contribution in [0, 0.1) is 0 Å². The van der Waals surface area contributed by atoms with E-state index < -0.39 is 11.6 Å². The SMILES string of the molecule is O=C(CN1CCOCC1)N[C@]1(c2ccccc2)CCN(CCn2cnnc2)C[C@H]1O. The first-order chi connectivity index (χ1) is 14.7. The summed E-state index contributed by atoms with van der Waals surface area (Å²) in [6.45, 7) is 5.98. The maximum absolute atomic E-state index is 12.9. The van der Waals surface area contributed by atoms with Gasteiger partial charge in [0.15, 0.2) is 0 Å². The Morgan fingerprint density at radius 2 is 1.83 bits per heavy atom. The van der Waals surface area contributed by atoms with Gasteiger partial charge in [-0.25, -0.2) is 0 Å². The number of aromatic nitrogens is 3. The second-order valence-electron chi connectivity index (χ2n) is 8.04. The fourth-order valence-electron chi connectivity index (χ4n) is 4.33. The number of ether oxygens (including phenoxy) is 1. The summed E-state index contributed by atoms with van der Waals surface area (Å²) in [5.41, 5.74) is 0.170. The van der Waals surface area contributed by atoms with Gasteiger partial charge in [-0.3, -0.25) is 14.6 Å². The number of nitrogens with zero attached hydrogens (tertiary/aromatic N) is 5. The second-order valence-corrected chi connectivity index (χ2v) is 8.04. The lowest BCUT2D eigenvalue weighted by molar-refractivity contribution is -0.129. The van der Waals surface area contributed by atoms with E-state index in [1.165, 1.54) is 0 Å². The number of rotatable bonds is 7. The normalized spacial score (nSPS) is 25.8. The predicted octanol–water partition coefficient (Wildman–Crippen LogP) is -0.311. The van der Waals surface area contributed by atoms with Gasteiger partial charge in [-0.05, 0) is 12.0 Å². The van der Waals surface area contributed by atoms with Crippen LogP contribution < -0.4 is 5.32 Å². The molecule has 2 fully saturated rings. The van der Waals surface area contributed by atoms with E-state index in [4.69, 9.17) is 4.74 Å². The Hall–Kier alpha value is -2.33. The lowest BCUT2D eigenvalue weighted by Gasteiger charge is -2.46. The number of piperidine rings is 1. The van der Waals surface area contributed by atoms with E-state index in [1.807, 2.05) is 34.9 Å². The Balaban J connectivity index is 1.44.